The Bertz CT molecular complexity index is 351. The van der Waals surface area contributed by atoms with Crippen LogP contribution < -0.4 is 11.1 Å². The van der Waals surface area contributed by atoms with Crippen LogP contribution in [0.5, 0.6) is 0 Å². The van der Waals surface area contributed by atoms with E-state index in [0.717, 1.165) is 12.8 Å². The molecule has 0 spiro atoms. The van der Waals surface area contributed by atoms with Crippen LogP contribution in [0.15, 0.2) is 6.20 Å². The number of carbonyl (C=O) groups is 1. The van der Waals surface area contributed by atoms with Gasteiger partial charge in [0, 0.05) is 12.7 Å². The molecule has 1 aromatic heterocycles. The van der Waals surface area contributed by atoms with E-state index >= 15 is 0 Å². The van der Waals surface area contributed by atoms with Crippen LogP contribution in [-0.4, -0.2) is 28.9 Å². The molecule has 0 radical (unpaired) electrons. The highest BCUT2D eigenvalue weighted by Crippen LogP contribution is 2.08. The lowest BCUT2D eigenvalue weighted by Gasteiger charge is -2.01. The second-order valence-corrected chi connectivity index (χ2v) is 3.49. The number of unbranched alkanes of at least 4 members (excludes halogenated alkanes) is 1. The van der Waals surface area contributed by atoms with Crippen molar-refractivity contribution in [3.8, 4) is 0 Å². The maximum Gasteiger partial charge on any atom is 0.273 e. The van der Waals surface area contributed by atoms with Gasteiger partial charge in [0.05, 0.1) is 12.2 Å². The molecule has 90 valence electrons. The summed E-state index contributed by atoms with van der Waals surface area (Å²) in [5.41, 5.74) is 6.06. The van der Waals surface area contributed by atoms with E-state index in [2.05, 4.69) is 10.4 Å². The molecule has 0 unspecified atom stereocenters. The molecule has 5 nitrogen and oxygen atoms in total. The Morgan fingerprint density at radius 3 is 3.06 bits per heavy atom. The summed E-state index contributed by atoms with van der Waals surface area (Å²) >= 11 is 0. The summed E-state index contributed by atoms with van der Waals surface area (Å²) < 4.78 is 13.4. The molecule has 0 aliphatic rings. The molecule has 6 heteroatoms. The molecule has 0 aromatic carbocycles. The summed E-state index contributed by atoms with van der Waals surface area (Å²) in [5.74, 6) is -0.302. The molecule has 0 saturated carbocycles. The lowest BCUT2D eigenvalue weighted by Crippen LogP contribution is -2.25. The predicted molar refractivity (Wildman–Crippen MR) is 59.9 cm³/mol. The number of halogens is 1. The maximum atomic E-state index is 12.1. The van der Waals surface area contributed by atoms with Gasteiger partial charge in [-0.2, -0.15) is 5.10 Å². The van der Waals surface area contributed by atoms with E-state index in [1.165, 1.54) is 10.9 Å². The van der Waals surface area contributed by atoms with Crippen molar-refractivity contribution in [2.45, 2.75) is 26.3 Å². The van der Waals surface area contributed by atoms with Gasteiger partial charge in [0.25, 0.3) is 5.91 Å². The molecule has 16 heavy (non-hydrogen) atoms. The standard InChI is InChI=1S/C10H17FN4O/c1-2-3-5-13-10(16)9-8(12)7-15(14-9)6-4-11/h7H,2-6,12H2,1H3,(H,13,16). The molecule has 1 amide bonds. The summed E-state index contributed by atoms with van der Waals surface area (Å²) in [4.78, 5) is 11.6. The minimum atomic E-state index is -0.530. The second kappa shape index (κ2) is 6.09. The van der Waals surface area contributed by atoms with Crippen LogP contribution in [-0.2, 0) is 6.54 Å². The zero-order valence-electron chi connectivity index (χ0n) is 9.37. The number of aryl methyl sites for hydroxylation is 1. The fourth-order valence-electron chi connectivity index (χ4n) is 1.28. The van der Waals surface area contributed by atoms with Crippen molar-refractivity contribution in [2.24, 2.45) is 0 Å². The Balaban J connectivity index is 2.60. The lowest BCUT2D eigenvalue weighted by atomic mass is 10.3. The summed E-state index contributed by atoms with van der Waals surface area (Å²) in [5, 5.41) is 6.63. The molecule has 1 aromatic rings. The Kier molecular flexibility index (Phi) is 4.75. The molecule has 0 fully saturated rings. The number of nitrogens with two attached hydrogens (primary N) is 1. The van der Waals surface area contributed by atoms with E-state index in [9.17, 15) is 9.18 Å². The number of hydrogen-bond acceptors (Lipinski definition) is 3. The number of alkyl halides is 1. The van der Waals surface area contributed by atoms with Crippen LogP contribution >= 0.6 is 0 Å². The van der Waals surface area contributed by atoms with Crippen molar-refractivity contribution in [1.29, 1.82) is 0 Å². The number of carbonyl (C=O) groups excluding carboxylic acids is 1. The first-order chi connectivity index (χ1) is 7.69. The monoisotopic (exact) mass is 228 g/mol. The van der Waals surface area contributed by atoms with Gasteiger partial charge in [0.1, 0.15) is 6.67 Å². The molecule has 1 heterocycles. The van der Waals surface area contributed by atoms with Gasteiger partial charge in [0.2, 0.25) is 0 Å². The number of nitrogens with one attached hydrogen (secondary N) is 1. The molecule has 1 rings (SSSR count). The van der Waals surface area contributed by atoms with E-state index in [4.69, 9.17) is 5.73 Å². The third kappa shape index (κ3) is 3.22. The van der Waals surface area contributed by atoms with Gasteiger partial charge < -0.3 is 11.1 Å². The maximum absolute atomic E-state index is 12.1. The van der Waals surface area contributed by atoms with Crippen molar-refractivity contribution in [3.63, 3.8) is 0 Å². The summed E-state index contributed by atoms with van der Waals surface area (Å²) in [6.45, 7) is 2.23. The first-order valence-electron chi connectivity index (χ1n) is 5.36. The normalized spacial score (nSPS) is 10.4. The van der Waals surface area contributed by atoms with Crippen LogP contribution in [0.2, 0.25) is 0 Å². The van der Waals surface area contributed by atoms with Crippen LogP contribution in [0.3, 0.4) is 0 Å². The highest BCUT2D eigenvalue weighted by atomic mass is 19.1. The Morgan fingerprint density at radius 1 is 1.69 bits per heavy atom. The number of amides is 1. The average molecular weight is 228 g/mol. The Labute approximate surface area is 93.8 Å². The van der Waals surface area contributed by atoms with Crippen LogP contribution in [0.4, 0.5) is 10.1 Å². The largest absolute Gasteiger partial charge is 0.396 e. The number of nitrogen functional groups attached to an aromatic ring is 1. The van der Waals surface area contributed by atoms with Gasteiger partial charge in [-0.1, -0.05) is 13.3 Å². The minimum absolute atomic E-state index is 0.117. The van der Waals surface area contributed by atoms with Gasteiger partial charge in [-0.15, -0.1) is 0 Å². The Morgan fingerprint density at radius 2 is 2.44 bits per heavy atom. The Hall–Kier alpha value is -1.59. The molecule has 0 aliphatic heterocycles. The fourth-order valence-corrected chi connectivity index (χ4v) is 1.28. The van der Waals surface area contributed by atoms with E-state index in [0.29, 0.717) is 6.54 Å². The third-order valence-corrected chi connectivity index (χ3v) is 2.13. The van der Waals surface area contributed by atoms with Crippen molar-refractivity contribution < 1.29 is 9.18 Å². The molecular formula is C10H17FN4O. The zero-order chi connectivity index (χ0) is 12.0. The number of anilines is 1. The number of aromatic nitrogens is 2. The van der Waals surface area contributed by atoms with Crippen LogP contribution in [0.1, 0.15) is 30.3 Å². The van der Waals surface area contributed by atoms with Crippen molar-refractivity contribution in [2.75, 3.05) is 19.0 Å². The van der Waals surface area contributed by atoms with Crippen molar-refractivity contribution in [3.05, 3.63) is 11.9 Å². The lowest BCUT2D eigenvalue weighted by molar-refractivity contribution is 0.0948. The van der Waals surface area contributed by atoms with E-state index in [-0.39, 0.29) is 23.8 Å². The second-order valence-electron chi connectivity index (χ2n) is 3.49. The number of hydrogen-bond donors (Lipinski definition) is 2. The smallest absolute Gasteiger partial charge is 0.273 e. The van der Waals surface area contributed by atoms with Gasteiger partial charge in [0.15, 0.2) is 5.69 Å². The minimum Gasteiger partial charge on any atom is -0.396 e. The first-order valence-corrected chi connectivity index (χ1v) is 5.36. The fraction of sp³-hybridized carbons (Fsp3) is 0.600. The van der Waals surface area contributed by atoms with E-state index in [1.54, 1.807) is 0 Å². The first kappa shape index (κ1) is 12.5. The van der Waals surface area contributed by atoms with Crippen LogP contribution in [0, 0.1) is 0 Å². The third-order valence-electron chi connectivity index (χ3n) is 2.13. The molecule has 0 aliphatic carbocycles. The SMILES string of the molecule is CCCCNC(=O)c1nn(CCF)cc1N. The van der Waals surface area contributed by atoms with Crippen LogP contribution in [0.25, 0.3) is 0 Å². The predicted octanol–water partition coefficient (Wildman–Crippen LogP) is 0.965. The summed E-state index contributed by atoms with van der Waals surface area (Å²) in [6.07, 6.45) is 3.39. The summed E-state index contributed by atoms with van der Waals surface area (Å²) in [7, 11) is 0. The van der Waals surface area contributed by atoms with Gasteiger partial charge >= 0.3 is 0 Å². The molecule has 0 saturated heterocycles. The van der Waals surface area contributed by atoms with E-state index in [1.807, 2.05) is 6.92 Å². The highest BCUT2D eigenvalue weighted by molar-refractivity contribution is 5.96. The molecule has 3 N–H and O–H groups in total. The van der Waals surface area contributed by atoms with Gasteiger partial charge in [-0.3, -0.25) is 9.48 Å². The number of rotatable bonds is 6. The van der Waals surface area contributed by atoms with Gasteiger partial charge in [-0.05, 0) is 6.42 Å². The molecular weight excluding hydrogens is 211 g/mol. The molecule has 0 atom stereocenters. The van der Waals surface area contributed by atoms with E-state index < -0.39 is 6.67 Å². The number of nitrogens with zero attached hydrogens (tertiary/aromatic N) is 2. The highest BCUT2D eigenvalue weighted by Gasteiger charge is 2.13. The quantitative estimate of drug-likeness (QED) is 0.712. The molecule has 0 bridgehead atoms. The topological polar surface area (TPSA) is 72.9 Å². The average Bonchev–Trinajstić information content (AvgIpc) is 2.60. The zero-order valence-corrected chi connectivity index (χ0v) is 9.37. The summed E-state index contributed by atoms with van der Waals surface area (Å²) in [6, 6.07) is 0. The van der Waals surface area contributed by atoms with Crippen molar-refractivity contribution in [1.82, 2.24) is 15.1 Å². The van der Waals surface area contributed by atoms with Crippen molar-refractivity contribution >= 4 is 11.6 Å². The van der Waals surface area contributed by atoms with Gasteiger partial charge in [-0.25, -0.2) is 4.39 Å².